The summed E-state index contributed by atoms with van der Waals surface area (Å²) in [4.78, 5) is 2.31. The van der Waals surface area contributed by atoms with Crippen LogP contribution in [0.5, 0.6) is 0 Å². The van der Waals surface area contributed by atoms with Gasteiger partial charge in [-0.25, -0.2) is 0 Å². The number of likely N-dealkylation sites (tertiary alicyclic amines) is 1. The lowest BCUT2D eigenvalue weighted by Gasteiger charge is -2.11. The Labute approximate surface area is 84.0 Å². The Morgan fingerprint density at radius 2 is 2.43 bits per heavy atom. The van der Waals surface area contributed by atoms with E-state index in [2.05, 4.69) is 17.0 Å². The van der Waals surface area contributed by atoms with E-state index in [1.807, 2.05) is 13.0 Å². The van der Waals surface area contributed by atoms with Crippen LogP contribution in [0.1, 0.15) is 18.4 Å². The van der Waals surface area contributed by atoms with E-state index in [1.165, 1.54) is 0 Å². The quantitative estimate of drug-likeness (QED) is 0.757. The molecule has 1 aliphatic rings. The number of rotatable bonds is 2. The highest BCUT2D eigenvalue weighted by Gasteiger charge is 2.26. The summed E-state index contributed by atoms with van der Waals surface area (Å²) in [6.45, 7) is 6.97. The molecule has 78 valence electrons. The lowest BCUT2D eigenvalue weighted by molar-refractivity contribution is 0.266. The van der Waals surface area contributed by atoms with Crippen molar-refractivity contribution in [2.45, 2.75) is 26.4 Å². The van der Waals surface area contributed by atoms with E-state index in [0.29, 0.717) is 12.0 Å². The third-order valence-corrected chi connectivity index (χ3v) is 2.80. The first kappa shape index (κ1) is 9.68. The van der Waals surface area contributed by atoms with Gasteiger partial charge in [0, 0.05) is 25.2 Å². The van der Waals surface area contributed by atoms with Gasteiger partial charge in [0.2, 0.25) is 0 Å². The number of hydrogen-bond acceptors (Lipinski definition) is 4. The molecular weight excluding hydrogens is 178 g/mol. The van der Waals surface area contributed by atoms with Crippen molar-refractivity contribution in [2.75, 3.05) is 13.1 Å². The summed E-state index contributed by atoms with van der Waals surface area (Å²) in [6.07, 6.45) is 0. The van der Waals surface area contributed by atoms with Crippen LogP contribution in [0.2, 0.25) is 0 Å². The highest BCUT2D eigenvalue weighted by atomic mass is 16.5. The second-order valence-electron chi connectivity index (χ2n) is 4.27. The molecule has 2 rings (SSSR count). The maximum Gasteiger partial charge on any atom is 0.150 e. The Kier molecular flexibility index (Phi) is 2.56. The maximum absolute atomic E-state index is 5.94. The minimum atomic E-state index is 0.305. The summed E-state index contributed by atoms with van der Waals surface area (Å²) in [5.41, 5.74) is 6.88. The molecule has 1 fully saturated rings. The normalized spacial score (nSPS) is 28.5. The van der Waals surface area contributed by atoms with Crippen molar-refractivity contribution < 1.29 is 4.52 Å². The number of aryl methyl sites for hydroxylation is 1. The van der Waals surface area contributed by atoms with Crippen LogP contribution in [-0.4, -0.2) is 29.2 Å². The fourth-order valence-electron chi connectivity index (χ4n) is 1.94. The summed E-state index contributed by atoms with van der Waals surface area (Å²) in [6, 6.07) is 2.29. The van der Waals surface area contributed by atoms with Crippen LogP contribution >= 0.6 is 0 Å². The molecule has 0 radical (unpaired) electrons. The average molecular weight is 195 g/mol. The van der Waals surface area contributed by atoms with Crippen molar-refractivity contribution in [3.8, 4) is 0 Å². The van der Waals surface area contributed by atoms with E-state index in [-0.39, 0.29) is 0 Å². The Balaban J connectivity index is 1.93. The molecule has 0 bridgehead atoms. The second-order valence-corrected chi connectivity index (χ2v) is 4.27. The minimum absolute atomic E-state index is 0.305. The van der Waals surface area contributed by atoms with E-state index < -0.39 is 0 Å². The van der Waals surface area contributed by atoms with Crippen molar-refractivity contribution in [3.63, 3.8) is 0 Å². The number of hydrogen-bond donors (Lipinski definition) is 1. The summed E-state index contributed by atoms with van der Waals surface area (Å²) >= 11 is 0. The van der Waals surface area contributed by atoms with Gasteiger partial charge < -0.3 is 10.3 Å². The van der Waals surface area contributed by atoms with Gasteiger partial charge in [-0.15, -0.1) is 0 Å². The Morgan fingerprint density at radius 3 is 2.93 bits per heavy atom. The molecular formula is C10H17N3O. The maximum atomic E-state index is 5.94. The lowest BCUT2D eigenvalue weighted by atomic mass is 10.1. The van der Waals surface area contributed by atoms with Gasteiger partial charge in [0.1, 0.15) is 0 Å². The van der Waals surface area contributed by atoms with Gasteiger partial charge in [-0.05, 0) is 12.8 Å². The molecule has 0 saturated carbocycles. The zero-order valence-corrected chi connectivity index (χ0v) is 8.73. The molecule has 1 aromatic heterocycles. The number of nitrogens with two attached hydrogens (primary N) is 1. The molecule has 0 spiro atoms. The largest absolute Gasteiger partial charge is 0.360 e. The van der Waals surface area contributed by atoms with Gasteiger partial charge in [0.25, 0.3) is 0 Å². The topological polar surface area (TPSA) is 55.3 Å². The molecule has 1 aliphatic heterocycles. The van der Waals surface area contributed by atoms with Crippen molar-refractivity contribution in [3.05, 3.63) is 17.5 Å². The molecule has 0 aliphatic carbocycles. The van der Waals surface area contributed by atoms with Gasteiger partial charge in [-0.2, -0.15) is 0 Å². The predicted octanol–water partition coefficient (Wildman–Crippen LogP) is 0.762. The van der Waals surface area contributed by atoms with E-state index >= 15 is 0 Å². The number of nitrogens with zero attached hydrogens (tertiary/aromatic N) is 2. The minimum Gasteiger partial charge on any atom is -0.360 e. The first-order chi connectivity index (χ1) is 6.65. The molecule has 2 N–H and O–H groups in total. The first-order valence-electron chi connectivity index (χ1n) is 5.05. The Hall–Kier alpha value is -0.870. The van der Waals surface area contributed by atoms with E-state index in [1.54, 1.807) is 0 Å². The molecule has 1 aromatic rings. The summed E-state index contributed by atoms with van der Waals surface area (Å²) in [5, 5.41) is 3.86. The fraction of sp³-hybridized carbons (Fsp3) is 0.700. The van der Waals surface area contributed by atoms with Crippen LogP contribution in [-0.2, 0) is 6.54 Å². The molecule has 4 heteroatoms. The predicted molar refractivity (Wildman–Crippen MR) is 53.7 cm³/mol. The van der Waals surface area contributed by atoms with Gasteiger partial charge in [0.15, 0.2) is 5.76 Å². The SMILES string of the molecule is Cc1cc(CN2CC(C)C(N)C2)on1. The molecule has 14 heavy (non-hydrogen) atoms. The average Bonchev–Trinajstić information content (AvgIpc) is 2.62. The zero-order chi connectivity index (χ0) is 10.1. The monoisotopic (exact) mass is 195 g/mol. The van der Waals surface area contributed by atoms with Crippen molar-refractivity contribution in [1.29, 1.82) is 0 Å². The fourth-order valence-corrected chi connectivity index (χ4v) is 1.94. The van der Waals surface area contributed by atoms with E-state index in [0.717, 1.165) is 31.1 Å². The second kappa shape index (κ2) is 3.71. The van der Waals surface area contributed by atoms with Gasteiger partial charge in [-0.3, -0.25) is 4.90 Å². The third kappa shape index (κ3) is 1.96. The highest BCUT2D eigenvalue weighted by Crippen LogP contribution is 2.17. The van der Waals surface area contributed by atoms with Gasteiger partial charge >= 0.3 is 0 Å². The summed E-state index contributed by atoms with van der Waals surface area (Å²) in [7, 11) is 0. The molecule has 4 nitrogen and oxygen atoms in total. The van der Waals surface area contributed by atoms with Crippen molar-refractivity contribution in [1.82, 2.24) is 10.1 Å². The molecule has 2 atom stereocenters. The number of aromatic nitrogens is 1. The van der Waals surface area contributed by atoms with Gasteiger partial charge in [0.05, 0.1) is 12.2 Å². The first-order valence-corrected chi connectivity index (χ1v) is 5.05. The Morgan fingerprint density at radius 1 is 1.64 bits per heavy atom. The summed E-state index contributed by atoms with van der Waals surface area (Å²) in [5.74, 6) is 1.52. The zero-order valence-electron chi connectivity index (χ0n) is 8.73. The van der Waals surface area contributed by atoms with Crippen LogP contribution in [0.4, 0.5) is 0 Å². The third-order valence-electron chi connectivity index (χ3n) is 2.80. The standard InChI is InChI=1S/C10H17N3O/c1-7-4-13(6-10(7)11)5-9-3-8(2)12-14-9/h3,7,10H,4-6,11H2,1-2H3. The van der Waals surface area contributed by atoms with Crippen LogP contribution in [0.25, 0.3) is 0 Å². The molecule has 1 saturated heterocycles. The van der Waals surface area contributed by atoms with Crippen molar-refractivity contribution in [2.24, 2.45) is 11.7 Å². The van der Waals surface area contributed by atoms with E-state index in [4.69, 9.17) is 10.3 Å². The molecule has 0 aromatic carbocycles. The smallest absolute Gasteiger partial charge is 0.150 e. The van der Waals surface area contributed by atoms with Gasteiger partial charge in [-0.1, -0.05) is 12.1 Å². The highest BCUT2D eigenvalue weighted by molar-refractivity contribution is 5.03. The van der Waals surface area contributed by atoms with E-state index in [9.17, 15) is 0 Å². The van der Waals surface area contributed by atoms with Crippen LogP contribution in [0.3, 0.4) is 0 Å². The van der Waals surface area contributed by atoms with Crippen LogP contribution in [0, 0.1) is 12.8 Å². The molecule has 2 heterocycles. The lowest BCUT2D eigenvalue weighted by Crippen LogP contribution is -2.28. The van der Waals surface area contributed by atoms with Crippen LogP contribution < -0.4 is 5.73 Å². The summed E-state index contributed by atoms with van der Waals surface area (Å²) < 4.78 is 5.16. The molecule has 0 amide bonds. The van der Waals surface area contributed by atoms with Crippen molar-refractivity contribution >= 4 is 0 Å². The van der Waals surface area contributed by atoms with Crippen LogP contribution in [0.15, 0.2) is 10.6 Å². The molecule has 2 unspecified atom stereocenters. The Bertz CT molecular complexity index is 300.